The number of nitrogens with zero attached hydrogens (tertiary/aromatic N) is 4. The molecule has 2 heterocycles. The van der Waals surface area contributed by atoms with Gasteiger partial charge < -0.3 is 9.64 Å². The van der Waals surface area contributed by atoms with E-state index in [1.54, 1.807) is 18.5 Å². The number of non-ortho nitro benzene ring substituents is 1. The summed E-state index contributed by atoms with van der Waals surface area (Å²) >= 11 is 0. The average molecular weight is 378 g/mol. The molecule has 1 aliphatic rings. The SMILES string of the molecule is O=[N+]([O-])c1ccc(N2CCN(CCOc3ccccc3)CC2)c2ccncc12. The van der Waals surface area contributed by atoms with Crippen molar-refractivity contribution in [3.05, 3.63) is 71.0 Å². The highest BCUT2D eigenvalue weighted by molar-refractivity contribution is 5.99. The Bertz CT molecular complexity index is 956. The summed E-state index contributed by atoms with van der Waals surface area (Å²) in [4.78, 5) is 19.7. The Kier molecular flexibility index (Phi) is 5.34. The molecule has 1 aromatic heterocycles. The highest BCUT2D eigenvalue weighted by atomic mass is 16.6. The first-order chi connectivity index (χ1) is 13.7. The number of nitro groups is 1. The summed E-state index contributed by atoms with van der Waals surface area (Å²) in [5.74, 6) is 0.895. The third-order valence-corrected chi connectivity index (χ3v) is 5.10. The second kappa shape index (κ2) is 8.22. The molecule has 0 N–H and O–H groups in total. The van der Waals surface area contributed by atoms with Gasteiger partial charge in [0.25, 0.3) is 5.69 Å². The van der Waals surface area contributed by atoms with Gasteiger partial charge in [0.15, 0.2) is 0 Å². The maximum atomic E-state index is 11.3. The predicted molar refractivity (Wildman–Crippen MR) is 109 cm³/mol. The van der Waals surface area contributed by atoms with E-state index >= 15 is 0 Å². The normalized spacial score (nSPS) is 14.9. The van der Waals surface area contributed by atoms with E-state index in [4.69, 9.17) is 4.74 Å². The minimum atomic E-state index is -0.349. The third-order valence-electron chi connectivity index (χ3n) is 5.10. The summed E-state index contributed by atoms with van der Waals surface area (Å²) in [6.07, 6.45) is 3.26. The molecule has 0 unspecified atom stereocenters. The molecule has 4 rings (SSSR count). The van der Waals surface area contributed by atoms with Crippen LogP contribution in [0, 0.1) is 10.1 Å². The lowest BCUT2D eigenvalue weighted by Gasteiger charge is -2.36. The molecule has 0 bridgehead atoms. The zero-order chi connectivity index (χ0) is 19.3. The Morgan fingerprint density at radius 3 is 2.54 bits per heavy atom. The number of benzene rings is 2. The molecule has 3 aromatic rings. The van der Waals surface area contributed by atoms with Gasteiger partial charge >= 0.3 is 0 Å². The molecule has 0 amide bonds. The van der Waals surface area contributed by atoms with E-state index in [1.165, 1.54) is 0 Å². The lowest BCUT2D eigenvalue weighted by atomic mass is 10.1. The standard InChI is InChI=1S/C21H22N4O3/c26-25(27)21-7-6-20(18-8-9-22-16-19(18)21)24-12-10-23(11-13-24)14-15-28-17-4-2-1-3-5-17/h1-9,16H,10-15H2. The van der Waals surface area contributed by atoms with Crippen molar-refractivity contribution in [1.82, 2.24) is 9.88 Å². The van der Waals surface area contributed by atoms with E-state index in [1.807, 2.05) is 42.5 Å². The van der Waals surface area contributed by atoms with Crippen molar-refractivity contribution in [3.63, 3.8) is 0 Å². The van der Waals surface area contributed by atoms with Crippen molar-refractivity contribution in [2.24, 2.45) is 0 Å². The van der Waals surface area contributed by atoms with Crippen LogP contribution in [0.4, 0.5) is 11.4 Å². The minimum Gasteiger partial charge on any atom is -0.492 e. The summed E-state index contributed by atoms with van der Waals surface area (Å²) in [5.41, 5.74) is 1.13. The van der Waals surface area contributed by atoms with Gasteiger partial charge in [-0.2, -0.15) is 0 Å². The van der Waals surface area contributed by atoms with Gasteiger partial charge in [-0.15, -0.1) is 0 Å². The molecular weight excluding hydrogens is 356 g/mol. The predicted octanol–water partition coefficient (Wildman–Crippen LogP) is 3.34. The largest absolute Gasteiger partial charge is 0.492 e. The fourth-order valence-corrected chi connectivity index (χ4v) is 3.62. The van der Waals surface area contributed by atoms with Gasteiger partial charge in [-0.25, -0.2) is 0 Å². The molecule has 144 valence electrons. The Morgan fingerprint density at radius 2 is 1.79 bits per heavy atom. The van der Waals surface area contributed by atoms with Crippen molar-refractivity contribution in [1.29, 1.82) is 0 Å². The second-order valence-electron chi connectivity index (χ2n) is 6.77. The van der Waals surface area contributed by atoms with E-state index in [9.17, 15) is 10.1 Å². The summed E-state index contributed by atoms with van der Waals surface area (Å²) in [6, 6.07) is 15.1. The van der Waals surface area contributed by atoms with E-state index in [0.717, 1.165) is 49.5 Å². The molecule has 28 heavy (non-hydrogen) atoms. The summed E-state index contributed by atoms with van der Waals surface area (Å²) in [6.45, 7) is 5.16. The van der Waals surface area contributed by atoms with Gasteiger partial charge in [-0.05, 0) is 24.3 Å². The molecule has 0 aliphatic carbocycles. The molecular formula is C21H22N4O3. The summed E-state index contributed by atoms with van der Waals surface area (Å²) in [7, 11) is 0. The first-order valence-corrected chi connectivity index (χ1v) is 9.38. The zero-order valence-corrected chi connectivity index (χ0v) is 15.5. The van der Waals surface area contributed by atoms with Crippen molar-refractivity contribution >= 4 is 22.1 Å². The molecule has 0 spiro atoms. The van der Waals surface area contributed by atoms with Crippen molar-refractivity contribution in [3.8, 4) is 5.75 Å². The van der Waals surface area contributed by atoms with Crippen molar-refractivity contribution in [2.45, 2.75) is 0 Å². The van der Waals surface area contributed by atoms with Gasteiger partial charge in [-0.3, -0.25) is 20.0 Å². The third kappa shape index (κ3) is 3.89. The van der Waals surface area contributed by atoms with Crippen LogP contribution >= 0.6 is 0 Å². The number of nitro benzene ring substituents is 1. The van der Waals surface area contributed by atoms with Gasteiger partial charge in [0, 0.05) is 62.3 Å². The summed E-state index contributed by atoms with van der Waals surface area (Å²) in [5, 5.41) is 12.8. The van der Waals surface area contributed by atoms with Crippen LogP contribution in [0.15, 0.2) is 60.9 Å². The first kappa shape index (κ1) is 18.2. The van der Waals surface area contributed by atoms with E-state index in [-0.39, 0.29) is 10.6 Å². The molecule has 1 aliphatic heterocycles. The van der Waals surface area contributed by atoms with Crippen molar-refractivity contribution < 1.29 is 9.66 Å². The van der Waals surface area contributed by atoms with E-state index in [0.29, 0.717) is 12.0 Å². The number of rotatable bonds is 6. The minimum absolute atomic E-state index is 0.101. The number of pyridine rings is 1. The lowest BCUT2D eigenvalue weighted by molar-refractivity contribution is -0.383. The van der Waals surface area contributed by atoms with Gasteiger partial charge in [0.2, 0.25) is 0 Å². The Hall–Kier alpha value is -3.19. The topological polar surface area (TPSA) is 71.7 Å². The van der Waals surface area contributed by atoms with Crippen LogP contribution in [-0.2, 0) is 0 Å². The van der Waals surface area contributed by atoms with Gasteiger partial charge in [-0.1, -0.05) is 18.2 Å². The van der Waals surface area contributed by atoms with Crippen LogP contribution in [0.25, 0.3) is 10.8 Å². The van der Waals surface area contributed by atoms with Gasteiger partial charge in [0.05, 0.1) is 10.3 Å². The molecule has 0 atom stereocenters. The maximum absolute atomic E-state index is 11.3. The van der Waals surface area contributed by atoms with E-state index < -0.39 is 0 Å². The molecule has 1 fully saturated rings. The smallest absolute Gasteiger partial charge is 0.278 e. The number of fused-ring (bicyclic) bond motifs is 1. The quantitative estimate of drug-likeness (QED) is 0.484. The number of anilines is 1. The monoisotopic (exact) mass is 378 g/mol. The Labute approximate surface area is 163 Å². The fraction of sp³-hybridized carbons (Fsp3) is 0.286. The van der Waals surface area contributed by atoms with Crippen LogP contribution in [0.3, 0.4) is 0 Å². The second-order valence-corrected chi connectivity index (χ2v) is 6.77. The number of hydrogen-bond acceptors (Lipinski definition) is 6. The molecule has 7 heteroatoms. The summed E-state index contributed by atoms with van der Waals surface area (Å²) < 4.78 is 5.79. The highest BCUT2D eigenvalue weighted by Crippen LogP contribution is 2.33. The van der Waals surface area contributed by atoms with Crippen LogP contribution in [0.2, 0.25) is 0 Å². The number of ether oxygens (including phenoxy) is 1. The fourth-order valence-electron chi connectivity index (χ4n) is 3.62. The van der Waals surface area contributed by atoms with Crippen molar-refractivity contribution in [2.75, 3.05) is 44.2 Å². The first-order valence-electron chi connectivity index (χ1n) is 9.38. The number of hydrogen-bond donors (Lipinski definition) is 0. The van der Waals surface area contributed by atoms with Crippen LogP contribution < -0.4 is 9.64 Å². The highest BCUT2D eigenvalue weighted by Gasteiger charge is 2.21. The Morgan fingerprint density at radius 1 is 1.00 bits per heavy atom. The van der Waals surface area contributed by atoms with Crippen LogP contribution in [-0.4, -0.2) is 54.1 Å². The zero-order valence-electron chi connectivity index (χ0n) is 15.5. The molecule has 7 nitrogen and oxygen atoms in total. The average Bonchev–Trinajstić information content (AvgIpc) is 2.74. The molecule has 0 saturated carbocycles. The lowest BCUT2D eigenvalue weighted by Crippen LogP contribution is -2.47. The molecule has 2 aromatic carbocycles. The maximum Gasteiger partial charge on any atom is 0.278 e. The van der Waals surface area contributed by atoms with E-state index in [2.05, 4.69) is 14.8 Å². The number of aromatic nitrogens is 1. The Balaban J connectivity index is 1.39. The number of piperazine rings is 1. The number of para-hydroxylation sites is 1. The molecule has 0 radical (unpaired) electrons. The van der Waals surface area contributed by atoms with Crippen LogP contribution in [0.1, 0.15) is 0 Å². The van der Waals surface area contributed by atoms with Crippen LogP contribution in [0.5, 0.6) is 5.75 Å². The van der Waals surface area contributed by atoms with Gasteiger partial charge in [0.1, 0.15) is 12.4 Å². The molecule has 1 saturated heterocycles.